The minimum absolute atomic E-state index is 0.0154. The summed E-state index contributed by atoms with van der Waals surface area (Å²) in [4.78, 5) is 10.8. The van der Waals surface area contributed by atoms with Crippen LogP contribution >= 0.6 is 0 Å². The standard InChI is InChI=1S/C12H9FN4O3S/c1-20-8-2-4-9(5-3-8)21(18,19)17-7-16-10-11(13)14-6-15-12(10)17/h2-7H,1H3. The maximum atomic E-state index is 13.5. The second kappa shape index (κ2) is 4.77. The molecular formula is C12H9FN4O3S. The number of fused-ring (bicyclic) bond motifs is 1. The lowest BCUT2D eigenvalue weighted by atomic mass is 10.3. The van der Waals surface area contributed by atoms with Crippen molar-refractivity contribution < 1.29 is 17.5 Å². The molecule has 0 fully saturated rings. The van der Waals surface area contributed by atoms with Crippen molar-refractivity contribution in [3.05, 3.63) is 42.9 Å². The van der Waals surface area contributed by atoms with Gasteiger partial charge in [0, 0.05) is 0 Å². The van der Waals surface area contributed by atoms with Gasteiger partial charge in [0.1, 0.15) is 18.4 Å². The van der Waals surface area contributed by atoms with E-state index in [0.717, 1.165) is 16.6 Å². The average Bonchev–Trinajstić information content (AvgIpc) is 2.93. The van der Waals surface area contributed by atoms with Crippen LogP contribution in [0, 0.1) is 5.95 Å². The minimum Gasteiger partial charge on any atom is -0.497 e. The number of aromatic nitrogens is 4. The first kappa shape index (κ1) is 13.4. The van der Waals surface area contributed by atoms with Crippen LogP contribution in [-0.4, -0.2) is 34.5 Å². The topological polar surface area (TPSA) is 87.0 Å². The van der Waals surface area contributed by atoms with E-state index < -0.39 is 16.0 Å². The molecule has 21 heavy (non-hydrogen) atoms. The van der Waals surface area contributed by atoms with Crippen molar-refractivity contribution in [2.24, 2.45) is 0 Å². The number of benzene rings is 1. The maximum absolute atomic E-state index is 13.5. The molecule has 108 valence electrons. The first-order valence-corrected chi connectivity index (χ1v) is 7.21. The summed E-state index contributed by atoms with van der Waals surface area (Å²) in [6.45, 7) is 0. The van der Waals surface area contributed by atoms with Crippen LogP contribution in [0.2, 0.25) is 0 Å². The molecule has 3 rings (SSSR count). The average molecular weight is 308 g/mol. The largest absolute Gasteiger partial charge is 0.497 e. The molecule has 0 radical (unpaired) electrons. The van der Waals surface area contributed by atoms with Crippen LogP contribution in [-0.2, 0) is 10.0 Å². The van der Waals surface area contributed by atoms with Gasteiger partial charge in [0.25, 0.3) is 10.0 Å². The van der Waals surface area contributed by atoms with Crippen molar-refractivity contribution in [2.45, 2.75) is 4.90 Å². The molecule has 3 aromatic rings. The van der Waals surface area contributed by atoms with Gasteiger partial charge >= 0.3 is 0 Å². The summed E-state index contributed by atoms with van der Waals surface area (Å²) in [5, 5.41) is 0. The van der Waals surface area contributed by atoms with E-state index >= 15 is 0 Å². The second-order valence-corrected chi connectivity index (χ2v) is 5.87. The molecule has 0 atom stereocenters. The number of imidazole rings is 1. The van der Waals surface area contributed by atoms with E-state index in [0.29, 0.717) is 5.75 Å². The number of ether oxygens (including phenoxy) is 1. The van der Waals surface area contributed by atoms with E-state index in [4.69, 9.17) is 4.74 Å². The molecule has 2 aromatic heterocycles. The second-order valence-electron chi connectivity index (χ2n) is 4.06. The van der Waals surface area contributed by atoms with Crippen LogP contribution in [0.5, 0.6) is 5.75 Å². The fourth-order valence-corrected chi connectivity index (χ4v) is 3.06. The van der Waals surface area contributed by atoms with Gasteiger partial charge in [-0.3, -0.25) is 0 Å². The summed E-state index contributed by atoms with van der Waals surface area (Å²) >= 11 is 0. The van der Waals surface area contributed by atoms with Crippen LogP contribution in [0.1, 0.15) is 0 Å². The van der Waals surface area contributed by atoms with Gasteiger partial charge in [-0.05, 0) is 24.3 Å². The summed E-state index contributed by atoms with van der Waals surface area (Å²) in [6.07, 6.45) is 1.95. The Labute approximate surface area is 119 Å². The molecule has 0 saturated heterocycles. The van der Waals surface area contributed by atoms with E-state index in [9.17, 15) is 12.8 Å². The molecule has 0 bridgehead atoms. The molecule has 0 amide bonds. The van der Waals surface area contributed by atoms with Gasteiger partial charge in [-0.15, -0.1) is 0 Å². The van der Waals surface area contributed by atoms with Gasteiger partial charge in [0.2, 0.25) is 5.95 Å². The van der Waals surface area contributed by atoms with E-state index in [1.54, 1.807) is 0 Å². The lowest BCUT2D eigenvalue weighted by Gasteiger charge is -2.06. The number of hydrogen-bond donors (Lipinski definition) is 0. The highest BCUT2D eigenvalue weighted by Gasteiger charge is 2.22. The number of methoxy groups -OCH3 is 1. The third-order valence-electron chi connectivity index (χ3n) is 2.88. The highest BCUT2D eigenvalue weighted by Crippen LogP contribution is 2.21. The zero-order valence-corrected chi connectivity index (χ0v) is 11.6. The Balaban J connectivity index is 2.18. The van der Waals surface area contributed by atoms with Gasteiger partial charge < -0.3 is 4.74 Å². The molecule has 1 aromatic carbocycles. The maximum Gasteiger partial charge on any atom is 0.270 e. The van der Waals surface area contributed by atoms with Crippen molar-refractivity contribution in [2.75, 3.05) is 7.11 Å². The number of hydrogen-bond acceptors (Lipinski definition) is 6. The Hall–Kier alpha value is -2.55. The zero-order chi connectivity index (χ0) is 15.0. The lowest BCUT2D eigenvalue weighted by Crippen LogP contribution is -2.12. The number of nitrogens with zero attached hydrogens (tertiary/aromatic N) is 4. The molecule has 7 nitrogen and oxygen atoms in total. The zero-order valence-electron chi connectivity index (χ0n) is 10.8. The Bertz CT molecular complexity index is 906. The highest BCUT2D eigenvalue weighted by atomic mass is 32.2. The highest BCUT2D eigenvalue weighted by molar-refractivity contribution is 7.90. The Morgan fingerprint density at radius 3 is 2.52 bits per heavy atom. The molecule has 0 aliphatic carbocycles. The summed E-state index contributed by atoms with van der Waals surface area (Å²) in [5.74, 6) is -0.346. The van der Waals surface area contributed by atoms with Crippen LogP contribution in [0.3, 0.4) is 0 Å². The Morgan fingerprint density at radius 2 is 1.86 bits per heavy atom. The van der Waals surface area contributed by atoms with Crippen LogP contribution in [0.25, 0.3) is 11.2 Å². The molecule has 2 heterocycles. The van der Waals surface area contributed by atoms with Crippen molar-refractivity contribution in [3.63, 3.8) is 0 Å². The summed E-state index contributed by atoms with van der Waals surface area (Å²) in [7, 11) is -2.44. The predicted molar refractivity (Wildman–Crippen MR) is 70.9 cm³/mol. The lowest BCUT2D eigenvalue weighted by molar-refractivity contribution is 0.414. The summed E-state index contributed by atoms with van der Waals surface area (Å²) in [6, 6.07) is 5.80. The van der Waals surface area contributed by atoms with E-state index in [-0.39, 0.29) is 16.1 Å². The quantitative estimate of drug-likeness (QED) is 0.676. The normalized spacial score (nSPS) is 11.7. The number of rotatable bonds is 3. The Kier molecular flexibility index (Phi) is 3.05. The van der Waals surface area contributed by atoms with Gasteiger partial charge in [0.15, 0.2) is 11.2 Å². The molecule has 0 aliphatic rings. The molecule has 0 aliphatic heterocycles. The Morgan fingerprint density at radius 1 is 1.14 bits per heavy atom. The molecule has 0 spiro atoms. The van der Waals surface area contributed by atoms with Crippen LogP contribution in [0.15, 0.2) is 41.8 Å². The van der Waals surface area contributed by atoms with Gasteiger partial charge in [-0.2, -0.15) is 4.39 Å². The molecule has 9 heteroatoms. The third-order valence-corrected chi connectivity index (χ3v) is 4.53. The van der Waals surface area contributed by atoms with E-state index in [2.05, 4.69) is 15.0 Å². The molecule has 0 N–H and O–H groups in total. The molecule has 0 unspecified atom stereocenters. The SMILES string of the molecule is COc1ccc(S(=O)(=O)n2cnc3c(F)ncnc32)cc1. The van der Waals surface area contributed by atoms with Gasteiger partial charge in [-0.25, -0.2) is 27.3 Å². The molecule has 0 saturated carbocycles. The summed E-state index contributed by atoms with van der Waals surface area (Å²) in [5.41, 5.74) is -0.312. The summed E-state index contributed by atoms with van der Waals surface area (Å²) < 4.78 is 44.3. The first-order chi connectivity index (χ1) is 10.0. The van der Waals surface area contributed by atoms with Crippen molar-refractivity contribution in [3.8, 4) is 5.75 Å². The van der Waals surface area contributed by atoms with Crippen LogP contribution in [0.4, 0.5) is 4.39 Å². The van der Waals surface area contributed by atoms with E-state index in [1.165, 1.54) is 31.4 Å². The van der Waals surface area contributed by atoms with Gasteiger partial charge in [0.05, 0.1) is 12.0 Å². The van der Waals surface area contributed by atoms with Crippen LogP contribution < -0.4 is 4.74 Å². The molecular weight excluding hydrogens is 299 g/mol. The predicted octanol–water partition coefficient (Wildman–Crippen LogP) is 1.21. The van der Waals surface area contributed by atoms with Crippen molar-refractivity contribution in [1.29, 1.82) is 0 Å². The van der Waals surface area contributed by atoms with Crippen molar-refractivity contribution in [1.82, 2.24) is 18.9 Å². The van der Waals surface area contributed by atoms with E-state index in [1.807, 2.05) is 0 Å². The smallest absolute Gasteiger partial charge is 0.270 e. The first-order valence-electron chi connectivity index (χ1n) is 5.77. The minimum atomic E-state index is -3.92. The monoisotopic (exact) mass is 308 g/mol. The van der Waals surface area contributed by atoms with Gasteiger partial charge in [-0.1, -0.05) is 0 Å². The number of halogens is 1. The van der Waals surface area contributed by atoms with Crippen molar-refractivity contribution >= 4 is 21.2 Å². The fourth-order valence-electron chi connectivity index (χ4n) is 1.82. The fraction of sp³-hybridized carbons (Fsp3) is 0.0833. The third kappa shape index (κ3) is 2.11.